The van der Waals surface area contributed by atoms with Crippen LogP contribution in [-0.4, -0.2) is 10.9 Å². The Morgan fingerprint density at radius 1 is 1.15 bits per heavy atom. The van der Waals surface area contributed by atoms with Crippen LogP contribution in [0.4, 0.5) is 5.82 Å². The second kappa shape index (κ2) is 5.40. The molecule has 0 spiro atoms. The molecule has 0 saturated heterocycles. The first-order chi connectivity index (χ1) is 9.65. The van der Waals surface area contributed by atoms with Gasteiger partial charge in [-0.1, -0.05) is 41.4 Å². The lowest BCUT2D eigenvalue weighted by Crippen LogP contribution is -2.11. The van der Waals surface area contributed by atoms with Crippen LogP contribution in [0.15, 0.2) is 42.6 Å². The number of rotatable bonds is 2. The van der Waals surface area contributed by atoms with E-state index in [2.05, 4.69) is 10.3 Å². The van der Waals surface area contributed by atoms with E-state index >= 15 is 0 Å². The van der Waals surface area contributed by atoms with Gasteiger partial charge < -0.3 is 5.32 Å². The highest BCUT2D eigenvalue weighted by Gasteiger charge is 2.17. The third kappa shape index (κ3) is 2.50. The molecular weight excluding hydrogens is 315 g/mol. The molecule has 0 fully saturated rings. The number of anilines is 1. The molecule has 0 radical (unpaired) electrons. The molecule has 0 bridgehead atoms. The number of nitrogens with zero attached hydrogens (tertiary/aromatic N) is 1. The van der Waals surface area contributed by atoms with E-state index in [9.17, 15) is 4.79 Å². The van der Waals surface area contributed by atoms with Gasteiger partial charge in [0.25, 0.3) is 5.91 Å². The van der Waals surface area contributed by atoms with Crippen LogP contribution in [0.3, 0.4) is 0 Å². The predicted octanol–water partition coefficient (Wildman–Crippen LogP) is 4.86. The van der Waals surface area contributed by atoms with Crippen molar-refractivity contribution in [3.05, 3.63) is 57.5 Å². The molecule has 20 heavy (non-hydrogen) atoms. The van der Waals surface area contributed by atoms with Gasteiger partial charge in [0.1, 0.15) is 10.7 Å². The summed E-state index contributed by atoms with van der Waals surface area (Å²) in [6.07, 6.45) is 1.48. The van der Waals surface area contributed by atoms with Gasteiger partial charge >= 0.3 is 0 Å². The molecular formula is C14H8Cl2N2OS. The molecule has 1 amide bonds. The summed E-state index contributed by atoms with van der Waals surface area (Å²) in [6, 6.07) is 10.9. The zero-order chi connectivity index (χ0) is 14.1. The zero-order valence-electron chi connectivity index (χ0n) is 10.1. The van der Waals surface area contributed by atoms with E-state index in [0.29, 0.717) is 20.7 Å². The minimum atomic E-state index is -0.272. The fourth-order valence-corrected chi connectivity index (χ4v) is 3.31. The van der Waals surface area contributed by atoms with E-state index in [1.54, 1.807) is 12.1 Å². The van der Waals surface area contributed by atoms with E-state index in [1.807, 2.05) is 24.3 Å². The minimum Gasteiger partial charge on any atom is -0.306 e. The largest absolute Gasteiger partial charge is 0.306 e. The van der Waals surface area contributed by atoms with Crippen molar-refractivity contribution in [3.63, 3.8) is 0 Å². The lowest BCUT2D eigenvalue weighted by atomic mass is 10.2. The molecule has 0 aliphatic rings. The Morgan fingerprint density at radius 2 is 1.95 bits per heavy atom. The first kappa shape index (κ1) is 13.4. The maximum Gasteiger partial charge on any atom is 0.268 e. The molecule has 0 unspecified atom stereocenters. The summed E-state index contributed by atoms with van der Waals surface area (Å²) >= 11 is 13.4. The fraction of sp³-hybridized carbons (Fsp3) is 0. The van der Waals surface area contributed by atoms with Gasteiger partial charge in [0.2, 0.25) is 0 Å². The first-order valence-electron chi connectivity index (χ1n) is 5.75. The van der Waals surface area contributed by atoms with Crippen LogP contribution < -0.4 is 5.32 Å². The number of aromatic nitrogens is 1. The molecule has 1 N–H and O–H groups in total. The van der Waals surface area contributed by atoms with Crippen molar-refractivity contribution >= 4 is 56.3 Å². The standard InChI is InChI=1S/C14H8Cl2N2OS/c15-8-5-6-11(17-7-8)18-14(19)13-12(16)9-3-1-2-4-10(9)20-13/h1-7H,(H,17,18,19). The summed E-state index contributed by atoms with van der Waals surface area (Å²) in [5.41, 5.74) is 0. The molecule has 3 aromatic rings. The van der Waals surface area contributed by atoms with Gasteiger partial charge in [0.15, 0.2) is 0 Å². The number of halogens is 2. The molecule has 1 aromatic carbocycles. The van der Waals surface area contributed by atoms with E-state index in [4.69, 9.17) is 23.2 Å². The molecule has 0 aliphatic carbocycles. The van der Waals surface area contributed by atoms with Gasteiger partial charge in [-0.2, -0.15) is 0 Å². The Kier molecular flexibility index (Phi) is 3.61. The van der Waals surface area contributed by atoms with Crippen LogP contribution in [-0.2, 0) is 0 Å². The number of amides is 1. The number of hydrogen-bond donors (Lipinski definition) is 1. The van der Waals surface area contributed by atoms with E-state index in [1.165, 1.54) is 17.5 Å². The molecule has 0 saturated carbocycles. The maximum atomic E-state index is 12.2. The van der Waals surface area contributed by atoms with E-state index in [0.717, 1.165) is 10.1 Å². The number of carbonyl (C=O) groups is 1. The minimum absolute atomic E-state index is 0.272. The smallest absolute Gasteiger partial charge is 0.268 e. The Balaban J connectivity index is 1.92. The molecule has 0 aliphatic heterocycles. The van der Waals surface area contributed by atoms with Crippen LogP contribution in [0.25, 0.3) is 10.1 Å². The van der Waals surface area contributed by atoms with Crippen LogP contribution in [0.1, 0.15) is 9.67 Å². The first-order valence-corrected chi connectivity index (χ1v) is 7.32. The van der Waals surface area contributed by atoms with Gasteiger partial charge in [-0.25, -0.2) is 4.98 Å². The predicted molar refractivity (Wildman–Crippen MR) is 84.0 cm³/mol. The van der Waals surface area contributed by atoms with Crippen molar-refractivity contribution < 1.29 is 4.79 Å². The van der Waals surface area contributed by atoms with Crippen molar-refractivity contribution in [1.82, 2.24) is 4.98 Å². The van der Waals surface area contributed by atoms with E-state index < -0.39 is 0 Å². The molecule has 0 atom stereocenters. The molecule has 6 heteroatoms. The van der Waals surface area contributed by atoms with Crippen molar-refractivity contribution in [2.45, 2.75) is 0 Å². The fourth-order valence-electron chi connectivity index (χ4n) is 1.78. The highest BCUT2D eigenvalue weighted by molar-refractivity contribution is 7.21. The van der Waals surface area contributed by atoms with Crippen LogP contribution in [0, 0.1) is 0 Å². The monoisotopic (exact) mass is 322 g/mol. The Hall–Kier alpha value is -1.62. The lowest BCUT2D eigenvalue weighted by Gasteiger charge is -2.02. The Labute approximate surface area is 129 Å². The quantitative estimate of drug-likeness (QED) is 0.732. The summed E-state index contributed by atoms with van der Waals surface area (Å²) in [4.78, 5) is 16.7. The third-order valence-corrected chi connectivity index (χ3v) is 4.61. The van der Waals surface area contributed by atoms with Gasteiger partial charge in [-0.15, -0.1) is 11.3 Å². The van der Waals surface area contributed by atoms with Gasteiger partial charge in [-0.05, 0) is 18.2 Å². The van der Waals surface area contributed by atoms with E-state index in [-0.39, 0.29) is 5.91 Å². The highest BCUT2D eigenvalue weighted by Crippen LogP contribution is 2.35. The SMILES string of the molecule is O=C(Nc1ccc(Cl)cn1)c1sc2ccccc2c1Cl. The zero-order valence-corrected chi connectivity index (χ0v) is 12.4. The number of thiophene rings is 1. The number of benzene rings is 1. The van der Waals surface area contributed by atoms with Crippen molar-refractivity contribution in [3.8, 4) is 0 Å². The van der Waals surface area contributed by atoms with Gasteiger partial charge in [-0.3, -0.25) is 4.79 Å². The third-order valence-electron chi connectivity index (χ3n) is 2.71. The molecule has 100 valence electrons. The van der Waals surface area contributed by atoms with Gasteiger partial charge in [0, 0.05) is 16.3 Å². The summed E-state index contributed by atoms with van der Waals surface area (Å²) in [7, 11) is 0. The van der Waals surface area contributed by atoms with Crippen LogP contribution >= 0.6 is 34.5 Å². The van der Waals surface area contributed by atoms with Crippen molar-refractivity contribution in [2.24, 2.45) is 0 Å². The Bertz CT molecular complexity index is 783. The summed E-state index contributed by atoms with van der Waals surface area (Å²) in [5.74, 6) is 0.166. The Morgan fingerprint density at radius 3 is 2.65 bits per heavy atom. The average Bonchev–Trinajstić information content (AvgIpc) is 2.79. The number of pyridine rings is 1. The molecule has 3 rings (SSSR count). The molecule has 2 aromatic heterocycles. The number of nitrogens with one attached hydrogen (secondary N) is 1. The van der Waals surface area contributed by atoms with Crippen LogP contribution in [0.2, 0.25) is 10.0 Å². The van der Waals surface area contributed by atoms with Crippen molar-refractivity contribution in [1.29, 1.82) is 0 Å². The molecule has 2 heterocycles. The topological polar surface area (TPSA) is 42.0 Å². The maximum absolute atomic E-state index is 12.2. The second-order valence-corrected chi connectivity index (χ2v) is 5.92. The second-order valence-electron chi connectivity index (χ2n) is 4.06. The average molecular weight is 323 g/mol. The number of carbonyl (C=O) groups excluding carboxylic acids is 1. The molecule has 3 nitrogen and oxygen atoms in total. The van der Waals surface area contributed by atoms with Crippen molar-refractivity contribution in [2.75, 3.05) is 5.32 Å². The van der Waals surface area contributed by atoms with Gasteiger partial charge in [0.05, 0.1) is 10.0 Å². The summed E-state index contributed by atoms with van der Waals surface area (Å²) in [6.45, 7) is 0. The summed E-state index contributed by atoms with van der Waals surface area (Å²) in [5, 5.41) is 4.57. The summed E-state index contributed by atoms with van der Waals surface area (Å²) < 4.78 is 0.978. The number of hydrogen-bond acceptors (Lipinski definition) is 3. The highest BCUT2D eigenvalue weighted by atomic mass is 35.5. The normalized spacial score (nSPS) is 10.7. The lowest BCUT2D eigenvalue weighted by molar-refractivity contribution is 0.103. The van der Waals surface area contributed by atoms with Crippen LogP contribution in [0.5, 0.6) is 0 Å². The number of fused-ring (bicyclic) bond motifs is 1.